The second-order valence-corrected chi connectivity index (χ2v) is 6.11. The normalized spacial score (nSPS) is 24.1. The predicted molar refractivity (Wildman–Crippen MR) is 79.5 cm³/mol. The number of rotatable bonds is 5. The van der Waals surface area contributed by atoms with Crippen molar-refractivity contribution in [2.24, 2.45) is 11.1 Å². The van der Waals surface area contributed by atoms with Gasteiger partial charge in [-0.05, 0) is 12.8 Å². The van der Waals surface area contributed by atoms with Crippen molar-refractivity contribution in [3.05, 3.63) is 0 Å². The van der Waals surface area contributed by atoms with Crippen LogP contribution in [0.15, 0.2) is 0 Å². The van der Waals surface area contributed by atoms with Gasteiger partial charge < -0.3 is 15.8 Å². The van der Waals surface area contributed by atoms with E-state index in [4.69, 9.17) is 10.5 Å². The molecular weight excluding hydrogens is 254 g/mol. The highest BCUT2D eigenvalue weighted by atomic mass is 16.5. The Morgan fingerprint density at radius 3 is 2.40 bits per heavy atom. The molecule has 1 saturated heterocycles. The molecule has 0 aromatic heterocycles. The molecule has 5 nitrogen and oxygen atoms in total. The maximum Gasteiger partial charge on any atom is 0.227 e. The quantitative estimate of drug-likeness (QED) is 0.730. The number of carbonyl (C=O) groups is 1. The van der Waals surface area contributed by atoms with Crippen LogP contribution in [0.1, 0.15) is 38.5 Å². The Morgan fingerprint density at radius 2 is 1.80 bits per heavy atom. The van der Waals surface area contributed by atoms with Crippen molar-refractivity contribution in [3.8, 4) is 0 Å². The molecule has 2 fully saturated rings. The minimum atomic E-state index is -0.304. The van der Waals surface area contributed by atoms with Gasteiger partial charge in [-0.3, -0.25) is 9.69 Å². The maximum absolute atomic E-state index is 12.5. The van der Waals surface area contributed by atoms with Gasteiger partial charge in [0.15, 0.2) is 0 Å². The van der Waals surface area contributed by atoms with Gasteiger partial charge in [0.2, 0.25) is 5.91 Å². The highest BCUT2D eigenvalue weighted by Gasteiger charge is 2.36. The Hall–Kier alpha value is -0.650. The molecule has 5 heteroatoms. The molecule has 1 heterocycles. The number of ether oxygens (including phenoxy) is 1. The predicted octanol–water partition coefficient (Wildman–Crippen LogP) is 0.734. The molecule has 0 aromatic carbocycles. The Balaban J connectivity index is 1.76. The second kappa shape index (κ2) is 7.96. The fraction of sp³-hybridized carbons (Fsp3) is 0.933. The average Bonchev–Trinajstić information content (AvgIpc) is 2.74. The molecule has 3 N–H and O–H groups in total. The molecule has 0 unspecified atom stereocenters. The Kier molecular flexibility index (Phi) is 6.26. The molecule has 20 heavy (non-hydrogen) atoms. The lowest BCUT2D eigenvalue weighted by atomic mass is 9.79. The number of hydrogen-bond donors (Lipinski definition) is 2. The van der Waals surface area contributed by atoms with Crippen LogP contribution in [0.4, 0.5) is 0 Å². The number of nitrogens with one attached hydrogen (secondary N) is 1. The number of carbonyl (C=O) groups excluding carboxylic acids is 1. The second-order valence-electron chi connectivity index (χ2n) is 6.11. The molecule has 0 bridgehead atoms. The number of morpholine rings is 1. The summed E-state index contributed by atoms with van der Waals surface area (Å²) in [5.74, 6) is 0.176. The van der Waals surface area contributed by atoms with Gasteiger partial charge in [-0.15, -0.1) is 0 Å². The first kappa shape index (κ1) is 15.7. The van der Waals surface area contributed by atoms with E-state index in [1.54, 1.807) is 0 Å². The smallest absolute Gasteiger partial charge is 0.227 e. The molecule has 116 valence electrons. The maximum atomic E-state index is 12.5. The average molecular weight is 283 g/mol. The summed E-state index contributed by atoms with van der Waals surface area (Å²) in [7, 11) is 0. The molecule has 2 rings (SSSR count). The summed E-state index contributed by atoms with van der Waals surface area (Å²) in [6.45, 7) is 5.67. The largest absolute Gasteiger partial charge is 0.379 e. The van der Waals surface area contributed by atoms with E-state index in [2.05, 4.69) is 10.2 Å². The van der Waals surface area contributed by atoms with Gasteiger partial charge in [0, 0.05) is 32.7 Å². The zero-order valence-corrected chi connectivity index (χ0v) is 12.5. The van der Waals surface area contributed by atoms with Crippen molar-refractivity contribution in [1.29, 1.82) is 0 Å². The molecular formula is C15H29N3O2. The van der Waals surface area contributed by atoms with E-state index in [0.29, 0.717) is 6.54 Å². The summed E-state index contributed by atoms with van der Waals surface area (Å²) in [5, 5.41) is 3.12. The minimum absolute atomic E-state index is 0.176. The molecule has 1 aliphatic carbocycles. The summed E-state index contributed by atoms with van der Waals surface area (Å²) in [6.07, 6.45) is 6.65. The molecule has 0 spiro atoms. The topological polar surface area (TPSA) is 67.6 Å². The van der Waals surface area contributed by atoms with Crippen LogP contribution in [-0.2, 0) is 9.53 Å². The summed E-state index contributed by atoms with van der Waals surface area (Å²) < 4.78 is 5.32. The fourth-order valence-corrected chi connectivity index (χ4v) is 3.27. The van der Waals surface area contributed by atoms with Crippen molar-refractivity contribution >= 4 is 5.91 Å². The molecule has 2 aliphatic rings. The van der Waals surface area contributed by atoms with E-state index in [1.165, 1.54) is 12.8 Å². The van der Waals surface area contributed by atoms with Gasteiger partial charge in [0.1, 0.15) is 0 Å². The van der Waals surface area contributed by atoms with Gasteiger partial charge in [0.05, 0.1) is 18.6 Å². The van der Waals surface area contributed by atoms with Crippen LogP contribution < -0.4 is 11.1 Å². The molecule has 0 atom stereocenters. The van der Waals surface area contributed by atoms with Crippen LogP contribution in [0.2, 0.25) is 0 Å². The highest BCUT2D eigenvalue weighted by molar-refractivity contribution is 5.82. The number of nitrogens with two attached hydrogens (primary N) is 1. The SMILES string of the molecule is NCC1(C(=O)NCCN2CCOCC2)CCCCCC1. The van der Waals surface area contributed by atoms with E-state index in [9.17, 15) is 4.79 Å². The molecule has 0 radical (unpaired) electrons. The zero-order chi connectivity index (χ0) is 14.3. The molecule has 0 aromatic rings. The third-order valence-corrected chi connectivity index (χ3v) is 4.75. The Bertz CT molecular complexity index is 295. The summed E-state index contributed by atoms with van der Waals surface area (Å²) in [4.78, 5) is 14.9. The highest BCUT2D eigenvalue weighted by Crippen LogP contribution is 2.34. The monoisotopic (exact) mass is 283 g/mol. The first-order valence-corrected chi connectivity index (χ1v) is 8.05. The first-order valence-electron chi connectivity index (χ1n) is 8.05. The Labute approximate surface area is 122 Å². The number of hydrogen-bond acceptors (Lipinski definition) is 4. The van der Waals surface area contributed by atoms with Crippen molar-refractivity contribution in [3.63, 3.8) is 0 Å². The van der Waals surface area contributed by atoms with E-state index < -0.39 is 0 Å². The van der Waals surface area contributed by atoms with Crippen molar-refractivity contribution in [2.75, 3.05) is 45.9 Å². The van der Waals surface area contributed by atoms with Crippen LogP contribution >= 0.6 is 0 Å². The summed E-state index contributed by atoms with van der Waals surface area (Å²) in [5.41, 5.74) is 5.63. The van der Waals surface area contributed by atoms with Gasteiger partial charge in [-0.25, -0.2) is 0 Å². The molecule has 1 aliphatic heterocycles. The van der Waals surface area contributed by atoms with E-state index in [-0.39, 0.29) is 11.3 Å². The van der Waals surface area contributed by atoms with Gasteiger partial charge >= 0.3 is 0 Å². The van der Waals surface area contributed by atoms with Crippen molar-refractivity contribution in [2.45, 2.75) is 38.5 Å². The van der Waals surface area contributed by atoms with Crippen LogP contribution in [0, 0.1) is 5.41 Å². The zero-order valence-electron chi connectivity index (χ0n) is 12.5. The van der Waals surface area contributed by atoms with Gasteiger partial charge in [-0.2, -0.15) is 0 Å². The number of amides is 1. The third-order valence-electron chi connectivity index (χ3n) is 4.75. The van der Waals surface area contributed by atoms with Gasteiger partial charge in [-0.1, -0.05) is 25.7 Å². The fourth-order valence-electron chi connectivity index (χ4n) is 3.27. The standard InChI is InChI=1S/C15H29N3O2/c16-13-15(5-3-1-2-4-6-15)14(19)17-7-8-18-9-11-20-12-10-18/h1-13,16H2,(H,17,19). The van der Waals surface area contributed by atoms with Crippen molar-refractivity contribution in [1.82, 2.24) is 10.2 Å². The first-order chi connectivity index (χ1) is 9.77. The lowest BCUT2D eigenvalue weighted by Crippen LogP contribution is -2.48. The molecule has 1 amide bonds. The third kappa shape index (κ3) is 4.17. The van der Waals surface area contributed by atoms with Crippen LogP contribution in [0.5, 0.6) is 0 Å². The van der Waals surface area contributed by atoms with Crippen LogP contribution in [0.3, 0.4) is 0 Å². The molecule has 1 saturated carbocycles. The van der Waals surface area contributed by atoms with Crippen LogP contribution in [0.25, 0.3) is 0 Å². The minimum Gasteiger partial charge on any atom is -0.379 e. The van der Waals surface area contributed by atoms with E-state index in [1.807, 2.05) is 0 Å². The van der Waals surface area contributed by atoms with Crippen molar-refractivity contribution < 1.29 is 9.53 Å². The van der Waals surface area contributed by atoms with Crippen LogP contribution in [-0.4, -0.2) is 56.7 Å². The lowest BCUT2D eigenvalue weighted by molar-refractivity contribution is -0.131. The summed E-state index contributed by atoms with van der Waals surface area (Å²) in [6, 6.07) is 0. The Morgan fingerprint density at radius 1 is 1.15 bits per heavy atom. The number of nitrogens with zero attached hydrogens (tertiary/aromatic N) is 1. The van der Waals surface area contributed by atoms with E-state index in [0.717, 1.165) is 65.1 Å². The van der Waals surface area contributed by atoms with Gasteiger partial charge in [0.25, 0.3) is 0 Å². The lowest BCUT2D eigenvalue weighted by Gasteiger charge is -2.31. The van der Waals surface area contributed by atoms with E-state index >= 15 is 0 Å². The summed E-state index contributed by atoms with van der Waals surface area (Å²) >= 11 is 0.